The number of carbonyl (C=O) groups is 1. The van der Waals surface area contributed by atoms with Gasteiger partial charge in [-0.2, -0.15) is 5.10 Å². The van der Waals surface area contributed by atoms with E-state index in [4.69, 9.17) is 5.73 Å². The van der Waals surface area contributed by atoms with E-state index >= 15 is 0 Å². The van der Waals surface area contributed by atoms with Gasteiger partial charge in [0.15, 0.2) is 0 Å². The van der Waals surface area contributed by atoms with Crippen molar-refractivity contribution in [1.82, 2.24) is 15.1 Å². The summed E-state index contributed by atoms with van der Waals surface area (Å²) in [5, 5.41) is 7.29. The van der Waals surface area contributed by atoms with E-state index in [0.717, 1.165) is 16.9 Å². The Morgan fingerprint density at radius 1 is 1.41 bits per heavy atom. The van der Waals surface area contributed by atoms with E-state index < -0.39 is 0 Å². The number of benzene rings is 1. The summed E-state index contributed by atoms with van der Waals surface area (Å²) in [6.07, 6.45) is 3.99. The minimum absolute atomic E-state index is 0.0654. The molecule has 0 radical (unpaired) electrons. The zero-order valence-electron chi connectivity index (χ0n) is 13.0. The summed E-state index contributed by atoms with van der Waals surface area (Å²) in [6, 6.07) is 8.06. The van der Waals surface area contributed by atoms with E-state index in [1.54, 1.807) is 6.20 Å². The lowest BCUT2D eigenvalue weighted by Gasteiger charge is -2.12. The molecule has 1 aliphatic carbocycles. The first-order valence-corrected chi connectivity index (χ1v) is 7.72. The van der Waals surface area contributed by atoms with Crippen molar-refractivity contribution in [2.75, 3.05) is 6.54 Å². The molecule has 5 heteroatoms. The second kappa shape index (κ2) is 5.93. The molecule has 0 saturated heterocycles. The third-order valence-electron chi connectivity index (χ3n) is 4.32. The van der Waals surface area contributed by atoms with Crippen molar-refractivity contribution in [2.24, 2.45) is 11.7 Å². The third kappa shape index (κ3) is 2.90. The fraction of sp³-hybridized carbons (Fsp3) is 0.412. The van der Waals surface area contributed by atoms with Crippen molar-refractivity contribution in [3.63, 3.8) is 0 Å². The van der Waals surface area contributed by atoms with Gasteiger partial charge in [-0.15, -0.1) is 0 Å². The minimum Gasteiger partial charge on any atom is -0.350 e. The third-order valence-corrected chi connectivity index (χ3v) is 4.32. The van der Waals surface area contributed by atoms with Crippen molar-refractivity contribution in [3.05, 3.63) is 47.3 Å². The highest BCUT2D eigenvalue weighted by Gasteiger charge is 2.28. The highest BCUT2D eigenvalue weighted by molar-refractivity contribution is 5.95. The molecule has 3 N–H and O–H groups in total. The molecule has 1 aromatic heterocycles. The van der Waals surface area contributed by atoms with Gasteiger partial charge >= 0.3 is 0 Å². The van der Waals surface area contributed by atoms with Gasteiger partial charge in [-0.25, -0.2) is 4.68 Å². The Hall–Kier alpha value is -2.14. The Labute approximate surface area is 130 Å². The summed E-state index contributed by atoms with van der Waals surface area (Å²) < 4.78 is 1.81. The van der Waals surface area contributed by atoms with Gasteiger partial charge in [0.2, 0.25) is 0 Å². The second-order valence-corrected chi connectivity index (χ2v) is 6.05. The number of aryl methyl sites for hydroxylation is 1. The molecule has 2 aromatic rings. The Bertz CT molecular complexity index is 688. The average molecular weight is 298 g/mol. The lowest BCUT2D eigenvalue weighted by Crippen LogP contribution is -2.38. The Balaban J connectivity index is 1.75. The number of amides is 1. The topological polar surface area (TPSA) is 72.9 Å². The van der Waals surface area contributed by atoms with Gasteiger partial charge in [0, 0.05) is 12.6 Å². The van der Waals surface area contributed by atoms with Crippen LogP contribution in [0.5, 0.6) is 0 Å². The number of para-hydroxylation sites is 1. The summed E-state index contributed by atoms with van der Waals surface area (Å²) in [6.45, 7) is 4.47. The van der Waals surface area contributed by atoms with Crippen LogP contribution in [0.2, 0.25) is 0 Å². The van der Waals surface area contributed by atoms with E-state index in [9.17, 15) is 4.79 Å². The van der Waals surface area contributed by atoms with E-state index in [2.05, 4.69) is 10.4 Å². The summed E-state index contributed by atoms with van der Waals surface area (Å²) in [5.74, 6) is 0.476. The van der Waals surface area contributed by atoms with Crippen molar-refractivity contribution in [2.45, 2.75) is 32.7 Å². The van der Waals surface area contributed by atoms with Gasteiger partial charge in [-0.3, -0.25) is 4.79 Å². The molecule has 1 aromatic carbocycles. The first-order valence-electron chi connectivity index (χ1n) is 7.72. The maximum absolute atomic E-state index is 12.3. The van der Waals surface area contributed by atoms with E-state index in [1.807, 2.05) is 42.8 Å². The SMILES string of the molecule is Cc1ccccc1-n1ncc(C(=O)NCC(N)C2CC2)c1C. The summed E-state index contributed by atoms with van der Waals surface area (Å²) in [4.78, 5) is 12.3. The lowest BCUT2D eigenvalue weighted by atomic mass is 10.1. The maximum atomic E-state index is 12.3. The van der Waals surface area contributed by atoms with E-state index in [-0.39, 0.29) is 11.9 Å². The Morgan fingerprint density at radius 2 is 2.14 bits per heavy atom. The van der Waals surface area contributed by atoms with Crippen LogP contribution < -0.4 is 11.1 Å². The van der Waals surface area contributed by atoms with Crippen LogP contribution in [0.1, 0.15) is 34.5 Å². The molecule has 1 fully saturated rings. The number of hydrogen-bond donors (Lipinski definition) is 2. The summed E-state index contributed by atoms with van der Waals surface area (Å²) in [5.41, 5.74) is 9.58. The highest BCUT2D eigenvalue weighted by Crippen LogP contribution is 2.31. The largest absolute Gasteiger partial charge is 0.350 e. The van der Waals surface area contributed by atoms with E-state index in [0.29, 0.717) is 18.0 Å². The van der Waals surface area contributed by atoms with Crippen LogP contribution in [0.3, 0.4) is 0 Å². The molecule has 1 unspecified atom stereocenters. The molecule has 0 aliphatic heterocycles. The number of nitrogens with two attached hydrogens (primary N) is 1. The van der Waals surface area contributed by atoms with Crippen LogP contribution in [0.25, 0.3) is 5.69 Å². The summed E-state index contributed by atoms with van der Waals surface area (Å²) >= 11 is 0. The first kappa shape index (κ1) is 14.8. The predicted octanol–water partition coefficient (Wildman–Crippen LogP) is 1.96. The molecule has 0 spiro atoms. The molecular formula is C17H22N4O. The van der Waals surface area contributed by atoms with Gasteiger partial charge in [-0.05, 0) is 44.2 Å². The number of rotatable bonds is 5. The molecule has 0 bridgehead atoms. The van der Waals surface area contributed by atoms with Gasteiger partial charge in [-0.1, -0.05) is 18.2 Å². The monoisotopic (exact) mass is 298 g/mol. The molecule has 3 rings (SSSR count). The molecule has 1 aliphatic rings. The number of hydrogen-bond acceptors (Lipinski definition) is 3. The normalized spacial score (nSPS) is 15.6. The van der Waals surface area contributed by atoms with E-state index in [1.165, 1.54) is 12.8 Å². The second-order valence-electron chi connectivity index (χ2n) is 6.05. The number of aromatic nitrogens is 2. The molecule has 1 atom stereocenters. The van der Waals surface area contributed by atoms with Crippen LogP contribution in [0, 0.1) is 19.8 Å². The molecule has 1 heterocycles. The quantitative estimate of drug-likeness (QED) is 0.886. The standard InChI is InChI=1S/C17H22N4O/c1-11-5-3-4-6-16(11)21-12(2)14(9-20-21)17(22)19-10-15(18)13-7-8-13/h3-6,9,13,15H,7-8,10,18H2,1-2H3,(H,19,22). The number of nitrogens with zero attached hydrogens (tertiary/aromatic N) is 2. The fourth-order valence-corrected chi connectivity index (χ4v) is 2.67. The smallest absolute Gasteiger partial charge is 0.254 e. The van der Waals surface area contributed by atoms with Crippen LogP contribution >= 0.6 is 0 Å². The molecule has 116 valence electrons. The van der Waals surface area contributed by atoms with Crippen molar-refractivity contribution >= 4 is 5.91 Å². The molecular weight excluding hydrogens is 276 g/mol. The highest BCUT2D eigenvalue weighted by atomic mass is 16.1. The Morgan fingerprint density at radius 3 is 2.82 bits per heavy atom. The average Bonchev–Trinajstić information content (AvgIpc) is 3.29. The zero-order chi connectivity index (χ0) is 15.7. The minimum atomic E-state index is -0.103. The van der Waals surface area contributed by atoms with Crippen LogP contribution in [0.15, 0.2) is 30.5 Å². The van der Waals surface area contributed by atoms with Crippen molar-refractivity contribution in [3.8, 4) is 5.69 Å². The molecule has 1 saturated carbocycles. The number of carbonyl (C=O) groups excluding carboxylic acids is 1. The molecule has 5 nitrogen and oxygen atoms in total. The first-order chi connectivity index (χ1) is 10.6. The van der Waals surface area contributed by atoms with Gasteiger partial charge in [0.1, 0.15) is 0 Å². The summed E-state index contributed by atoms with van der Waals surface area (Å²) in [7, 11) is 0. The Kier molecular flexibility index (Phi) is 3.98. The lowest BCUT2D eigenvalue weighted by molar-refractivity contribution is 0.0949. The van der Waals surface area contributed by atoms with Crippen LogP contribution in [0.4, 0.5) is 0 Å². The molecule has 22 heavy (non-hydrogen) atoms. The van der Waals surface area contributed by atoms with Crippen molar-refractivity contribution < 1.29 is 4.79 Å². The van der Waals surface area contributed by atoms with Crippen molar-refractivity contribution in [1.29, 1.82) is 0 Å². The number of nitrogens with one attached hydrogen (secondary N) is 1. The molecule has 1 amide bonds. The van der Waals surface area contributed by atoms with Gasteiger partial charge < -0.3 is 11.1 Å². The zero-order valence-corrected chi connectivity index (χ0v) is 13.0. The van der Waals surface area contributed by atoms with Crippen LogP contribution in [-0.2, 0) is 0 Å². The predicted molar refractivity (Wildman–Crippen MR) is 86.1 cm³/mol. The van der Waals surface area contributed by atoms with Crippen LogP contribution in [-0.4, -0.2) is 28.3 Å². The maximum Gasteiger partial charge on any atom is 0.254 e. The van der Waals surface area contributed by atoms with Gasteiger partial charge in [0.25, 0.3) is 5.91 Å². The fourth-order valence-electron chi connectivity index (χ4n) is 2.67. The van der Waals surface area contributed by atoms with Gasteiger partial charge in [0.05, 0.1) is 23.1 Å².